The molecule has 2 saturated heterocycles. The van der Waals surface area contributed by atoms with Gasteiger partial charge in [0.25, 0.3) is 0 Å². The lowest BCUT2D eigenvalue weighted by Crippen LogP contribution is -2.58. The van der Waals surface area contributed by atoms with Gasteiger partial charge in [-0.05, 0) is 226 Å². The molecule has 2 saturated carbocycles. The largest absolute Gasteiger partial charge is 0.508 e. The molecule has 4 fully saturated rings. The molecule has 0 aromatic heterocycles. The topological polar surface area (TPSA) is 153 Å². The van der Waals surface area contributed by atoms with E-state index in [1.54, 1.807) is 6.07 Å². The molecule has 0 amide bonds. The third kappa shape index (κ3) is 9.69. The second-order valence-corrected chi connectivity index (χ2v) is 26.0. The average molecular weight is 1100 g/mol. The zero-order valence-corrected chi connectivity index (χ0v) is 48.6. The Bertz CT molecular complexity index is 3290. The number of esters is 2. The van der Waals surface area contributed by atoms with E-state index < -0.39 is 22.9 Å². The first kappa shape index (κ1) is 55.3. The van der Waals surface area contributed by atoms with Crippen LogP contribution in [0.4, 0.5) is 0 Å². The normalized spacial score (nSPS) is 32.1. The Labute approximate surface area is 485 Å². The summed E-state index contributed by atoms with van der Waals surface area (Å²) in [5, 5.41) is 41.6. The zero-order valence-electron chi connectivity index (χ0n) is 48.6. The molecule has 4 aromatic rings. The van der Waals surface area contributed by atoms with Crippen LogP contribution in [0.25, 0.3) is 16.7 Å². The lowest BCUT2D eigenvalue weighted by Gasteiger charge is -2.62. The molecule has 6 aliphatic carbocycles. The molecule has 7 N–H and O–H groups in total. The molecule has 0 radical (unpaired) electrons. The number of aromatic hydroxyl groups is 1. The number of hydrogen-bond acceptors (Lipinski definition) is 11. The fraction of sp³-hybridized carbons (Fsp3) is 0.493. The van der Waals surface area contributed by atoms with Crippen molar-refractivity contribution in [1.29, 1.82) is 0 Å². The van der Waals surface area contributed by atoms with E-state index in [2.05, 4.69) is 145 Å². The van der Waals surface area contributed by atoms with Crippen LogP contribution in [0, 0.1) is 45.8 Å². The molecule has 5 heterocycles. The van der Waals surface area contributed by atoms with Crippen LogP contribution in [-0.4, -0.2) is 67.6 Å². The van der Waals surface area contributed by atoms with Gasteiger partial charge in [0.1, 0.15) is 17.3 Å². The molecule has 15 rings (SSSR count). The minimum absolute atomic E-state index is 0.0314. The number of hydrogen-bond donors (Lipinski definition) is 7. The van der Waals surface area contributed by atoms with Crippen LogP contribution >= 0.6 is 0 Å². The highest BCUT2D eigenvalue weighted by Crippen LogP contribution is 2.77. The maximum Gasteiger partial charge on any atom is 0.340 e. The molecule has 14 bridgehead atoms. The minimum atomic E-state index is -0.986. The number of rotatable bonds is 13. The summed E-state index contributed by atoms with van der Waals surface area (Å²) >= 11 is 0. The van der Waals surface area contributed by atoms with E-state index in [1.165, 1.54) is 22.3 Å². The van der Waals surface area contributed by atoms with Gasteiger partial charge in [-0.15, -0.1) is 0 Å². The van der Waals surface area contributed by atoms with Gasteiger partial charge in [-0.3, -0.25) is 0 Å². The monoisotopic (exact) mass is 1100 g/mol. The number of carbonyl (C=O) groups is 2. The van der Waals surface area contributed by atoms with Crippen molar-refractivity contribution in [2.45, 2.75) is 142 Å². The summed E-state index contributed by atoms with van der Waals surface area (Å²) in [5.41, 5.74) is 10.6. The maximum absolute atomic E-state index is 15.7. The van der Waals surface area contributed by atoms with Gasteiger partial charge in [0.2, 0.25) is 0 Å². The van der Waals surface area contributed by atoms with Crippen molar-refractivity contribution in [3.05, 3.63) is 177 Å². The number of ether oxygens (including phenoxy) is 2. The Morgan fingerprint density at radius 2 is 1.72 bits per heavy atom. The summed E-state index contributed by atoms with van der Waals surface area (Å²) in [4.78, 5) is 31.2. The number of fused-ring (bicyclic) bond motifs is 9. The predicted octanol–water partition coefficient (Wildman–Crippen LogP) is 11.8. The van der Waals surface area contributed by atoms with Crippen molar-refractivity contribution in [2.24, 2.45) is 45.8 Å². The van der Waals surface area contributed by atoms with E-state index >= 15 is 9.59 Å². The summed E-state index contributed by atoms with van der Waals surface area (Å²) in [6, 6.07) is 32.2. The summed E-state index contributed by atoms with van der Waals surface area (Å²) in [6.07, 6.45) is 21.5. The first-order valence-corrected chi connectivity index (χ1v) is 31.3. The Kier molecular flexibility index (Phi) is 15.2. The van der Waals surface area contributed by atoms with Crippen LogP contribution in [0.2, 0.25) is 0 Å². The third-order valence-electron chi connectivity index (χ3n) is 21.3. The van der Waals surface area contributed by atoms with Crippen molar-refractivity contribution >= 4 is 17.5 Å². The van der Waals surface area contributed by atoms with E-state index in [4.69, 9.17) is 9.47 Å². The number of aliphatic hydroxyl groups is 1. The van der Waals surface area contributed by atoms with Gasteiger partial charge in [-0.25, -0.2) is 9.59 Å². The molecule has 2 spiro atoms. The highest BCUT2D eigenvalue weighted by molar-refractivity contribution is 6.08. The van der Waals surface area contributed by atoms with Gasteiger partial charge in [0.05, 0.1) is 29.3 Å². The number of carbonyl (C=O) groups excluding carboxylic acids is 2. The van der Waals surface area contributed by atoms with Crippen LogP contribution < -0.4 is 26.6 Å². The fourth-order valence-corrected chi connectivity index (χ4v) is 17.6. The Balaban J connectivity index is 1.04. The number of benzene rings is 4. The van der Waals surface area contributed by atoms with Gasteiger partial charge < -0.3 is 46.3 Å². The number of allylic oxidation sites excluding steroid dienone is 6. The van der Waals surface area contributed by atoms with E-state index in [1.807, 2.05) is 19.1 Å². The lowest BCUT2D eigenvalue weighted by atomic mass is 9.38. The molecule has 11 aliphatic rings. The van der Waals surface area contributed by atoms with Crippen LogP contribution in [0.15, 0.2) is 144 Å². The van der Waals surface area contributed by atoms with Crippen molar-refractivity contribution in [3.63, 3.8) is 0 Å². The van der Waals surface area contributed by atoms with Crippen LogP contribution in [0.3, 0.4) is 0 Å². The van der Waals surface area contributed by atoms with Gasteiger partial charge in [-0.2, -0.15) is 0 Å². The van der Waals surface area contributed by atoms with Gasteiger partial charge >= 0.3 is 11.9 Å². The number of piperidine rings is 1. The van der Waals surface area contributed by atoms with Crippen molar-refractivity contribution in [3.8, 4) is 16.9 Å². The van der Waals surface area contributed by atoms with E-state index in [9.17, 15) is 10.2 Å². The molecule has 11 heteroatoms. The van der Waals surface area contributed by atoms with Crippen LogP contribution in [0.5, 0.6) is 5.75 Å². The first-order chi connectivity index (χ1) is 39.9. The fourth-order valence-electron chi connectivity index (χ4n) is 17.6. The van der Waals surface area contributed by atoms with E-state index in [-0.39, 0.29) is 53.2 Å². The molecular weight excluding hydrogens is 1020 g/mol. The first-order valence-electron chi connectivity index (χ1n) is 31.3. The standard InChI is InChI=1S/C71H85N5O6/c1-5-29-73-42-47-33-46-22-30-74-58-20-27-70-26-18-55-59(21-25-69(52-23-31-75-61(38-52)72-4)24-17-50(40-69)65(51(34-46)35-47)76-41-43(3)77)81-67(79)63(55)66(70)71-28-19-57(70)62(56-39-53(78)15-16-54(56)48-13-10-14-49(58)37-48)64(71)68(80)82-60(71)36-44(6-2)32-45-11-8-7-9-12-45/h7-16,20-21,27,33-37,39,43-44,50,52,57-58,61,65-66,72-78H,5-6,17-19,22-26,28-32,38,40-42H2,1-4H3. The summed E-state index contributed by atoms with van der Waals surface area (Å²) < 4.78 is 13.7. The van der Waals surface area contributed by atoms with Crippen LogP contribution in [0.1, 0.15) is 143 Å². The predicted molar refractivity (Wildman–Crippen MR) is 322 cm³/mol. The van der Waals surface area contributed by atoms with Crippen molar-refractivity contribution < 1.29 is 29.3 Å². The number of cyclic esters (lactones) is 1. The second-order valence-electron chi connectivity index (χ2n) is 26.0. The molecular formula is C71H85N5O6. The summed E-state index contributed by atoms with van der Waals surface area (Å²) in [7, 11) is 2.06. The second kappa shape index (κ2) is 22.6. The highest BCUT2D eigenvalue weighted by atomic mass is 16.6. The van der Waals surface area contributed by atoms with Crippen molar-refractivity contribution in [1.82, 2.24) is 26.6 Å². The number of aliphatic hydroxyl groups excluding tert-OH is 1. The third-order valence-corrected chi connectivity index (χ3v) is 21.3. The molecule has 4 aromatic carbocycles. The molecule has 12 unspecified atom stereocenters. The van der Waals surface area contributed by atoms with E-state index in [0.29, 0.717) is 54.9 Å². The lowest BCUT2D eigenvalue weighted by molar-refractivity contribution is -0.135. The minimum Gasteiger partial charge on any atom is -0.508 e. The molecule has 12 atom stereocenters. The zero-order chi connectivity index (χ0) is 56.3. The quantitative estimate of drug-likeness (QED) is 0.0389. The Morgan fingerprint density at radius 1 is 0.841 bits per heavy atom. The number of phenolic OH excluding ortho intramolecular Hbond substituents is 1. The molecule has 430 valence electrons. The van der Waals surface area contributed by atoms with Crippen LogP contribution in [-0.2, 0) is 38.4 Å². The Hall–Kier alpha value is -5.92. The molecule has 11 nitrogen and oxygen atoms in total. The summed E-state index contributed by atoms with van der Waals surface area (Å²) in [5.74, 6) is 1.05. The SMILES string of the molecule is CCCNCc1cc2cc(c1)C(NCC(C)O)C1CCC(C3CCNC(NC)C3)(CC=C3OC(=O)C4=C3CCC35C=CC(NCC2)c2cccc(c2)-c2ccc(O)cc2C2=C6C(=O)OC(=CC(CC)Cc7ccccc7)C6(CCC23)C45)C1. The van der Waals surface area contributed by atoms with Gasteiger partial charge in [-0.1, -0.05) is 98.8 Å². The Morgan fingerprint density at radius 3 is 2.55 bits per heavy atom. The van der Waals surface area contributed by atoms with E-state index in [0.717, 1.165) is 136 Å². The summed E-state index contributed by atoms with van der Waals surface area (Å²) in [6.45, 7) is 10.2. The smallest absolute Gasteiger partial charge is 0.340 e. The van der Waals surface area contributed by atoms with Gasteiger partial charge in [0.15, 0.2) is 0 Å². The van der Waals surface area contributed by atoms with Crippen molar-refractivity contribution in [2.75, 3.05) is 33.2 Å². The average Bonchev–Trinajstić information content (AvgIpc) is 1.66. The molecule has 82 heavy (non-hydrogen) atoms. The van der Waals surface area contributed by atoms with Gasteiger partial charge in [0, 0.05) is 48.2 Å². The highest BCUT2D eigenvalue weighted by Gasteiger charge is 2.73. The maximum atomic E-state index is 15.7. The number of phenols is 1. The number of nitrogens with one attached hydrogen (secondary N) is 5. The molecule has 5 aliphatic heterocycles.